The normalized spacial score (nSPS) is 12.1. The quantitative estimate of drug-likeness (QED) is 0.760. The van der Waals surface area contributed by atoms with Crippen molar-refractivity contribution in [2.24, 2.45) is 0 Å². The summed E-state index contributed by atoms with van der Waals surface area (Å²) in [5, 5.41) is 9.26. The summed E-state index contributed by atoms with van der Waals surface area (Å²) in [5.74, 6) is 0. The number of nitrogens with zero attached hydrogens (tertiary/aromatic N) is 1. The molecule has 0 spiro atoms. The van der Waals surface area contributed by atoms with Gasteiger partial charge in [-0.1, -0.05) is 31.5 Å². The topological polar surface area (TPSA) is 69.6 Å². The molecule has 0 unspecified atom stereocenters. The van der Waals surface area contributed by atoms with Gasteiger partial charge in [0.2, 0.25) is 10.0 Å². The molecule has 0 atom stereocenters. The van der Waals surface area contributed by atoms with E-state index < -0.39 is 10.0 Å². The van der Waals surface area contributed by atoms with Crippen molar-refractivity contribution in [3.63, 3.8) is 0 Å². The number of aliphatic hydroxyl groups is 1. The van der Waals surface area contributed by atoms with Gasteiger partial charge < -0.3 is 10.0 Å². The molecule has 0 aromatic heterocycles. The van der Waals surface area contributed by atoms with Crippen LogP contribution in [0, 0.1) is 0 Å². The van der Waals surface area contributed by atoms with Gasteiger partial charge in [-0.2, -0.15) is 0 Å². The minimum atomic E-state index is -3.56. The smallest absolute Gasteiger partial charge is 0.240 e. The molecule has 0 saturated heterocycles. The summed E-state index contributed by atoms with van der Waals surface area (Å²) in [5.41, 5.74) is 0.508. The Labute approximate surface area is 125 Å². The standard InChI is InChI=1S/C13H21ClN2O3S/c1-3-16(4-2)8-7-15-20(18,19)12-6-5-11(10-17)13(14)9-12/h5-6,9,15,17H,3-4,7-8,10H2,1-2H3. The molecule has 0 bridgehead atoms. The van der Waals surface area contributed by atoms with E-state index in [2.05, 4.69) is 9.62 Å². The fourth-order valence-electron chi connectivity index (χ4n) is 1.78. The van der Waals surface area contributed by atoms with E-state index in [9.17, 15) is 8.42 Å². The van der Waals surface area contributed by atoms with Crippen LogP contribution in [-0.4, -0.2) is 44.6 Å². The zero-order chi connectivity index (χ0) is 15.2. The number of benzene rings is 1. The minimum Gasteiger partial charge on any atom is -0.392 e. The van der Waals surface area contributed by atoms with Gasteiger partial charge >= 0.3 is 0 Å². The molecule has 5 nitrogen and oxygen atoms in total. The molecular weight excluding hydrogens is 300 g/mol. The van der Waals surface area contributed by atoms with Gasteiger partial charge in [-0.25, -0.2) is 13.1 Å². The largest absolute Gasteiger partial charge is 0.392 e. The van der Waals surface area contributed by atoms with Crippen molar-refractivity contribution in [3.05, 3.63) is 28.8 Å². The monoisotopic (exact) mass is 320 g/mol. The van der Waals surface area contributed by atoms with Crippen LogP contribution in [0.5, 0.6) is 0 Å². The maximum absolute atomic E-state index is 12.1. The molecule has 7 heteroatoms. The molecule has 0 fully saturated rings. The van der Waals surface area contributed by atoms with E-state index in [1.165, 1.54) is 18.2 Å². The first-order valence-corrected chi connectivity index (χ1v) is 8.42. The molecule has 0 aliphatic carbocycles. The van der Waals surface area contributed by atoms with Gasteiger partial charge in [0.1, 0.15) is 0 Å². The first-order chi connectivity index (χ1) is 9.44. The Balaban J connectivity index is 2.71. The molecule has 0 radical (unpaired) electrons. The highest BCUT2D eigenvalue weighted by atomic mass is 35.5. The summed E-state index contributed by atoms with van der Waals surface area (Å²) in [6.45, 7) is 6.63. The first-order valence-electron chi connectivity index (χ1n) is 6.55. The van der Waals surface area contributed by atoms with Crippen LogP contribution in [0.4, 0.5) is 0 Å². The van der Waals surface area contributed by atoms with Gasteiger partial charge in [-0.05, 0) is 30.8 Å². The predicted molar refractivity (Wildman–Crippen MR) is 80.4 cm³/mol. The highest BCUT2D eigenvalue weighted by Crippen LogP contribution is 2.20. The molecule has 20 heavy (non-hydrogen) atoms. The van der Waals surface area contributed by atoms with E-state index in [0.717, 1.165) is 13.1 Å². The first kappa shape index (κ1) is 17.4. The number of rotatable bonds is 8. The lowest BCUT2D eigenvalue weighted by atomic mass is 10.2. The van der Waals surface area contributed by atoms with E-state index in [-0.39, 0.29) is 16.5 Å². The van der Waals surface area contributed by atoms with E-state index in [1.54, 1.807) is 0 Å². The second-order valence-electron chi connectivity index (χ2n) is 4.34. The van der Waals surface area contributed by atoms with Crippen LogP contribution in [0.2, 0.25) is 5.02 Å². The molecule has 1 aromatic carbocycles. The SMILES string of the molecule is CCN(CC)CCNS(=O)(=O)c1ccc(CO)c(Cl)c1. The number of sulfonamides is 1. The molecule has 1 aromatic rings. The molecule has 114 valence electrons. The maximum atomic E-state index is 12.1. The van der Waals surface area contributed by atoms with Gasteiger partial charge in [0.25, 0.3) is 0 Å². The summed E-state index contributed by atoms with van der Waals surface area (Å²) < 4.78 is 26.7. The van der Waals surface area contributed by atoms with E-state index in [4.69, 9.17) is 16.7 Å². The van der Waals surface area contributed by atoms with Gasteiger partial charge in [0.05, 0.1) is 11.5 Å². The Morgan fingerprint density at radius 2 is 1.95 bits per heavy atom. The average Bonchev–Trinajstić information content (AvgIpc) is 2.43. The number of hydrogen-bond donors (Lipinski definition) is 2. The fourth-order valence-corrected chi connectivity index (χ4v) is 3.14. The molecule has 0 aliphatic rings. The predicted octanol–water partition coefficient (Wildman–Crippen LogP) is 1.45. The summed E-state index contributed by atoms with van der Waals surface area (Å²) in [6, 6.07) is 4.31. The van der Waals surface area contributed by atoms with Crippen LogP contribution < -0.4 is 4.72 Å². The van der Waals surface area contributed by atoms with Crippen molar-refractivity contribution >= 4 is 21.6 Å². The average molecular weight is 321 g/mol. The zero-order valence-corrected chi connectivity index (χ0v) is 13.3. The second kappa shape index (κ2) is 7.95. The molecule has 0 amide bonds. The van der Waals surface area contributed by atoms with Crippen molar-refractivity contribution in [1.82, 2.24) is 9.62 Å². The highest BCUT2D eigenvalue weighted by molar-refractivity contribution is 7.89. The van der Waals surface area contributed by atoms with Gasteiger partial charge in [-0.3, -0.25) is 0 Å². The van der Waals surface area contributed by atoms with Crippen molar-refractivity contribution in [3.8, 4) is 0 Å². The minimum absolute atomic E-state index is 0.110. The van der Waals surface area contributed by atoms with Crippen molar-refractivity contribution in [2.45, 2.75) is 25.3 Å². The van der Waals surface area contributed by atoms with Crippen molar-refractivity contribution in [1.29, 1.82) is 0 Å². The number of aliphatic hydroxyl groups excluding tert-OH is 1. The van der Waals surface area contributed by atoms with Gasteiger partial charge in [0, 0.05) is 18.1 Å². The van der Waals surface area contributed by atoms with E-state index in [0.29, 0.717) is 18.7 Å². The number of likely N-dealkylation sites (N-methyl/N-ethyl adjacent to an activating group) is 1. The Hall–Kier alpha value is -0.660. The van der Waals surface area contributed by atoms with Crippen LogP contribution in [0.25, 0.3) is 0 Å². The van der Waals surface area contributed by atoms with Crippen LogP contribution in [-0.2, 0) is 16.6 Å². The second-order valence-corrected chi connectivity index (χ2v) is 6.51. The third-order valence-corrected chi connectivity index (χ3v) is 4.93. The summed E-state index contributed by atoms with van der Waals surface area (Å²) in [4.78, 5) is 2.24. The lowest BCUT2D eigenvalue weighted by Crippen LogP contribution is -2.34. The van der Waals surface area contributed by atoms with Gasteiger partial charge in [-0.15, -0.1) is 0 Å². The van der Waals surface area contributed by atoms with Crippen LogP contribution >= 0.6 is 11.6 Å². The Morgan fingerprint density at radius 3 is 2.45 bits per heavy atom. The Bertz CT molecular complexity index is 530. The van der Waals surface area contributed by atoms with Crippen LogP contribution in [0.3, 0.4) is 0 Å². The number of halogens is 1. The van der Waals surface area contributed by atoms with Gasteiger partial charge in [0.15, 0.2) is 0 Å². The Morgan fingerprint density at radius 1 is 1.30 bits per heavy atom. The zero-order valence-electron chi connectivity index (χ0n) is 11.8. The maximum Gasteiger partial charge on any atom is 0.240 e. The number of hydrogen-bond acceptors (Lipinski definition) is 4. The molecule has 0 saturated carbocycles. The van der Waals surface area contributed by atoms with Crippen LogP contribution in [0.1, 0.15) is 19.4 Å². The fraction of sp³-hybridized carbons (Fsp3) is 0.538. The van der Waals surface area contributed by atoms with E-state index in [1.807, 2.05) is 13.8 Å². The summed E-state index contributed by atoms with van der Waals surface area (Å²) in [7, 11) is -3.56. The Kier molecular flexibility index (Phi) is 6.91. The third-order valence-electron chi connectivity index (χ3n) is 3.12. The number of nitrogens with one attached hydrogen (secondary N) is 1. The van der Waals surface area contributed by atoms with Crippen molar-refractivity contribution < 1.29 is 13.5 Å². The molecule has 0 heterocycles. The van der Waals surface area contributed by atoms with Crippen LogP contribution in [0.15, 0.2) is 23.1 Å². The lowest BCUT2D eigenvalue weighted by Gasteiger charge is -2.18. The highest BCUT2D eigenvalue weighted by Gasteiger charge is 2.15. The third kappa shape index (κ3) is 4.71. The summed E-state index contributed by atoms with van der Waals surface area (Å²) >= 11 is 5.90. The molecular formula is C13H21ClN2O3S. The lowest BCUT2D eigenvalue weighted by molar-refractivity contribution is 0.282. The molecule has 0 aliphatic heterocycles. The molecule has 1 rings (SSSR count). The molecule has 2 N–H and O–H groups in total. The summed E-state index contributed by atoms with van der Waals surface area (Å²) in [6.07, 6.45) is 0. The van der Waals surface area contributed by atoms with Crippen molar-refractivity contribution in [2.75, 3.05) is 26.2 Å². The van der Waals surface area contributed by atoms with E-state index >= 15 is 0 Å².